The number of allylic oxidation sites excluding steroid dienone is 1. The molecule has 21 nitrogen and oxygen atoms in total. The van der Waals surface area contributed by atoms with Gasteiger partial charge in [0, 0.05) is 37.3 Å². The number of hydrogen-bond donors (Lipinski definition) is 6. The van der Waals surface area contributed by atoms with Gasteiger partial charge in [-0.2, -0.15) is 10.2 Å². The number of nitrogens with one attached hydrogen (secondary N) is 3. The average Bonchev–Trinajstić information content (AvgIpc) is 3.97. The van der Waals surface area contributed by atoms with Gasteiger partial charge in [0.25, 0.3) is 11.8 Å². The van der Waals surface area contributed by atoms with Crippen LogP contribution in [0, 0.1) is 13.8 Å². The van der Waals surface area contributed by atoms with E-state index in [1.165, 1.54) is 33.6 Å². The Balaban J connectivity index is 1.29. The quantitative estimate of drug-likeness (QED) is 0.0567. The minimum atomic E-state index is -0.738. The molecule has 0 aliphatic carbocycles. The predicted molar refractivity (Wildman–Crippen MR) is 234 cm³/mol. The SMILES string of the molecule is CCn1nc(C)c(Cl)c1C(=O)Nc1nc2cc(C(N)=O)cc(OCCCNC(=O)CN)c2n1C/C=C/[C@H]1COc2cc(C(N)=O)cc3nc(NC(=O)c4c(Cl)c(C)nn4CC)n1c23. The molecule has 7 rings (SSSR count). The third kappa shape index (κ3) is 8.61. The number of rotatable bonds is 17. The van der Waals surface area contributed by atoms with Gasteiger partial charge in [0.15, 0.2) is 0 Å². The number of imidazole rings is 2. The van der Waals surface area contributed by atoms with Crippen molar-refractivity contribution >= 4 is 86.7 Å². The number of benzene rings is 2. The highest BCUT2D eigenvalue weighted by molar-refractivity contribution is 6.35. The predicted octanol–water partition coefficient (Wildman–Crippen LogP) is 3.48. The summed E-state index contributed by atoms with van der Waals surface area (Å²) in [6, 6.07) is 5.39. The van der Waals surface area contributed by atoms with Crippen molar-refractivity contribution in [2.24, 2.45) is 17.2 Å². The fourth-order valence-electron chi connectivity index (χ4n) is 7.21. The van der Waals surface area contributed by atoms with Crippen LogP contribution in [-0.2, 0) is 24.4 Å². The number of ether oxygens (including phenoxy) is 2. The van der Waals surface area contributed by atoms with Crippen LogP contribution in [0.25, 0.3) is 22.1 Å². The number of amides is 5. The van der Waals surface area contributed by atoms with Gasteiger partial charge in [-0.15, -0.1) is 0 Å². The molecule has 2 aromatic carbocycles. The van der Waals surface area contributed by atoms with Gasteiger partial charge in [-0.05, 0) is 58.4 Å². The molecule has 0 saturated carbocycles. The molecule has 4 aromatic heterocycles. The first kappa shape index (κ1) is 44.1. The molecule has 5 heterocycles. The maximum Gasteiger partial charge on any atom is 0.277 e. The van der Waals surface area contributed by atoms with Crippen LogP contribution < -0.4 is 42.6 Å². The second kappa shape index (κ2) is 18.2. The highest BCUT2D eigenvalue weighted by Crippen LogP contribution is 2.38. The second-order valence-corrected chi connectivity index (χ2v) is 15.1. The monoisotopic (exact) mass is 902 g/mol. The lowest BCUT2D eigenvalue weighted by Gasteiger charge is -2.25. The highest BCUT2D eigenvalue weighted by Gasteiger charge is 2.30. The number of hydrogen-bond acceptors (Lipinski definition) is 12. The van der Waals surface area contributed by atoms with E-state index in [0.29, 0.717) is 53.2 Å². The number of primary amides is 2. The normalized spacial score (nSPS) is 13.4. The van der Waals surface area contributed by atoms with Crippen LogP contribution >= 0.6 is 23.2 Å². The molecule has 1 aliphatic heterocycles. The molecular formula is C40H44Cl2N14O7. The molecule has 0 spiro atoms. The number of aryl methyl sites for hydroxylation is 4. The number of carbonyl (C=O) groups excluding carboxylic acids is 5. The molecule has 63 heavy (non-hydrogen) atoms. The molecule has 330 valence electrons. The molecule has 0 saturated heterocycles. The van der Waals surface area contributed by atoms with Crippen LogP contribution in [0.4, 0.5) is 11.9 Å². The van der Waals surface area contributed by atoms with Gasteiger partial charge in [-0.3, -0.25) is 48.5 Å². The maximum absolute atomic E-state index is 13.9. The lowest BCUT2D eigenvalue weighted by molar-refractivity contribution is -0.119. The van der Waals surface area contributed by atoms with Crippen molar-refractivity contribution in [2.45, 2.75) is 59.8 Å². The minimum absolute atomic E-state index is 0.0386. The first-order valence-corrected chi connectivity index (χ1v) is 20.6. The lowest BCUT2D eigenvalue weighted by Crippen LogP contribution is -2.31. The average molecular weight is 904 g/mol. The zero-order valence-corrected chi connectivity index (χ0v) is 36.1. The van der Waals surface area contributed by atoms with Crippen molar-refractivity contribution in [1.29, 1.82) is 0 Å². The summed E-state index contributed by atoms with van der Waals surface area (Å²) >= 11 is 13.1. The Hall–Kier alpha value is -6.97. The Morgan fingerprint density at radius 3 is 2.02 bits per heavy atom. The van der Waals surface area contributed by atoms with Crippen LogP contribution in [0.3, 0.4) is 0 Å². The van der Waals surface area contributed by atoms with Crippen molar-refractivity contribution < 1.29 is 33.4 Å². The summed E-state index contributed by atoms with van der Waals surface area (Å²) in [4.78, 5) is 73.6. The van der Waals surface area contributed by atoms with E-state index in [1.807, 2.05) is 19.9 Å². The first-order chi connectivity index (χ1) is 30.1. The van der Waals surface area contributed by atoms with E-state index in [9.17, 15) is 24.0 Å². The number of aromatic nitrogens is 8. The van der Waals surface area contributed by atoms with E-state index >= 15 is 0 Å². The number of halogens is 2. The molecule has 0 unspecified atom stereocenters. The van der Waals surface area contributed by atoms with Gasteiger partial charge < -0.3 is 36.6 Å². The summed E-state index contributed by atoms with van der Waals surface area (Å²) in [5.41, 5.74) is 19.7. The third-order valence-corrected chi connectivity index (χ3v) is 11.1. The Labute approximate surface area is 368 Å². The van der Waals surface area contributed by atoms with E-state index in [4.69, 9.17) is 59.8 Å². The lowest BCUT2D eigenvalue weighted by atomic mass is 10.1. The molecule has 23 heteroatoms. The molecule has 1 atom stereocenters. The molecule has 6 aromatic rings. The molecular weight excluding hydrogens is 859 g/mol. The Morgan fingerprint density at radius 1 is 0.857 bits per heavy atom. The fourth-order valence-corrected chi connectivity index (χ4v) is 7.66. The molecule has 0 bridgehead atoms. The van der Waals surface area contributed by atoms with E-state index in [1.54, 1.807) is 29.1 Å². The van der Waals surface area contributed by atoms with Gasteiger partial charge in [0.1, 0.15) is 40.5 Å². The van der Waals surface area contributed by atoms with E-state index in [-0.39, 0.29) is 94.5 Å². The standard InChI is InChI=1S/C40H44Cl2N14O7/c1-5-54-33(29(41)19(3)51-54)37(60)49-39-47-24-13-21(35(44)58)15-26(62-12-8-10-46-28(57)17-43)31(24)53(39)11-7-9-23-18-63-27-16-22(36(45)59)14-25-32(27)56(23)40(48-25)50-38(61)34-30(42)20(4)52-55(34)6-2/h7,9,13-16,23H,5-6,8,10-12,17-18,43H2,1-4H3,(H2,44,58)(H2,45,59)(H,46,57)(H,47,49,60)(H,48,50,61)/b9-7+/t23-/m0/s1. The van der Waals surface area contributed by atoms with Gasteiger partial charge in [0.2, 0.25) is 29.6 Å². The van der Waals surface area contributed by atoms with Crippen molar-refractivity contribution in [1.82, 2.24) is 44.0 Å². The number of fused-ring (bicyclic) bond motifs is 1. The third-order valence-electron chi connectivity index (χ3n) is 10.2. The summed E-state index contributed by atoms with van der Waals surface area (Å²) in [6.45, 7) is 8.09. The summed E-state index contributed by atoms with van der Waals surface area (Å²) in [5, 5.41) is 17.5. The molecule has 9 N–H and O–H groups in total. The van der Waals surface area contributed by atoms with Crippen LogP contribution in [0.5, 0.6) is 11.5 Å². The van der Waals surface area contributed by atoms with Crippen LogP contribution in [0.15, 0.2) is 36.4 Å². The fraction of sp³-hybridized carbons (Fsp3) is 0.325. The first-order valence-electron chi connectivity index (χ1n) is 19.8. The summed E-state index contributed by atoms with van der Waals surface area (Å²) in [5.74, 6) is -2.16. The van der Waals surface area contributed by atoms with Crippen molar-refractivity contribution in [3.05, 3.63) is 80.4 Å². The number of nitrogens with zero attached hydrogens (tertiary/aromatic N) is 8. The van der Waals surface area contributed by atoms with E-state index < -0.39 is 29.7 Å². The van der Waals surface area contributed by atoms with E-state index in [2.05, 4.69) is 26.1 Å². The maximum atomic E-state index is 13.9. The number of anilines is 2. The zero-order valence-electron chi connectivity index (χ0n) is 34.6. The van der Waals surface area contributed by atoms with Gasteiger partial charge in [-0.25, -0.2) is 9.97 Å². The molecule has 0 radical (unpaired) electrons. The largest absolute Gasteiger partial charge is 0.491 e. The molecule has 0 fully saturated rings. The number of nitrogens with two attached hydrogens (primary N) is 3. The smallest absolute Gasteiger partial charge is 0.277 e. The van der Waals surface area contributed by atoms with Crippen LogP contribution in [-0.4, -0.2) is 94.5 Å². The van der Waals surface area contributed by atoms with Gasteiger partial charge in [0.05, 0.1) is 51.7 Å². The Morgan fingerprint density at radius 2 is 1.43 bits per heavy atom. The Bertz CT molecular complexity index is 2860. The second-order valence-electron chi connectivity index (χ2n) is 14.4. The van der Waals surface area contributed by atoms with Gasteiger partial charge in [-0.1, -0.05) is 35.4 Å². The Kier molecular flexibility index (Phi) is 12.7. The van der Waals surface area contributed by atoms with Crippen molar-refractivity contribution in [2.75, 3.05) is 36.9 Å². The van der Waals surface area contributed by atoms with E-state index in [0.717, 1.165) is 0 Å². The van der Waals surface area contributed by atoms with Crippen LogP contribution in [0.2, 0.25) is 10.0 Å². The molecule has 1 aliphatic rings. The minimum Gasteiger partial charge on any atom is -0.491 e. The van der Waals surface area contributed by atoms with Crippen molar-refractivity contribution in [3.63, 3.8) is 0 Å². The van der Waals surface area contributed by atoms with Crippen molar-refractivity contribution in [3.8, 4) is 11.5 Å². The topological polar surface area (TPSA) is 289 Å². The summed E-state index contributed by atoms with van der Waals surface area (Å²) < 4.78 is 18.8. The zero-order chi connectivity index (χ0) is 45.3. The summed E-state index contributed by atoms with van der Waals surface area (Å²) in [7, 11) is 0. The number of carbonyl (C=O) groups is 5. The summed E-state index contributed by atoms with van der Waals surface area (Å²) in [6.07, 6.45) is 4.00. The van der Waals surface area contributed by atoms with Crippen LogP contribution in [0.1, 0.15) is 79.4 Å². The molecule has 5 amide bonds. The highest BCUT2D eigenvalue weighted by atomic mass is 35.5. The van der Waals surface area contributed by atoms with Gasteiger partial charge >= 0.3 is 0 Å².